The first-order valence-electron chi connectivity index (χ1n) is 7.02. The van der Waals surface area contributed by atoms with E-state index in [1.54, 1.807) is 18.2 Å². The molecule has 4 rings (SSSR count). The number of fused-ring (bicyclic) bond motifs is 2. The minimum Gasteiger partial charge on any atom is -0.293 e. The number of hydrogen-bond donors (Lipinski definition) is 0. The molecule has 0 fully saturated rings. The van der Waals surface area contributed by atoms with Crippen LogP contribution in [0.1, 0.15) is 32.2 Å². The van der Waals surface area contributed by atoms with Gasteiger partial charge in [-0.3, -0.25) is 9.59 Å². The summed E-state index contributed by atoms with van der Waals surface area (Å²) in [5.74, 6) is -0.937. The number of Topliss-reactive ketones (excluding diaryl/α,β-unsaturated/α-hetero) is 2. The van der Waals surface area contributed by atoms with E-state index in [2.05, 4.69) is 15.9 Å². The van der Waals surface area contributed by atoms with E-state index in [9.17, 15) is 9.59 Å². The quantitative estimate of drug-likeness (QED) is 0.592. The third-order valence-corrected chi connectivity index (χ3v) is 4.64. The third-order valence-electron chi connectivity index (χ3n) is 4.14. The average molecular weight is 351 g/mol. The Morgan fingerprint density at radius 3 is 2.27 bits per heavy atom. The van der Waals surface area contributed by atoms with Crippen LogP contribution in [0.3, 0.4) is 0 Å². The number of carbonyl (C=O) groups excluding carboxylic acids is 2. The van der Waals surface area contributed by atoms with Crippen LogP contribution < -0.4 is 0 Å². The van der Waals surface area contributed by atoms with Gasteiger partial charge in [0.2, 0.25) is 0 Å². The smallest absolute Gasteiger partial charge is 0.178 e. The van der Waals surface area contributed by atoms with Gasteiger partial charge in [-0.1, -0.05) is 52.3 Å². The van der Waals surface area contributed by atoms with E-state index < -0.39 is 5.92 Å². The molecule has 1 unspecified atom stereocenters. The molecule has 2 nitrogen and oxygen atoms in total. The van der Waals surface area contributed by atoms with E-state index in [1.165, 1.54) is 0 Å². The molecule has 1 atom stereocenters. The molecule has 0 saturated heterocycles. The summed E-state index contributed by atoms with van der Waals surface area (Å²) in [6.07, 6.45) is 0. The molecule has 1 aliphatic rings. The monoisotopic (exact) mass is 350 g/mol. The van der Waals surface area contributed by atoms with Crippen molar-refractivity contribution in [2.45, 2.75) is 5.92 Å². The summed E-state index contributed by atoms with van der Waals surface area (Å²) in [5.41, 5.74) is 1.80. The number of ketones is 2. The molecular formula is C19H11BrO2. The van der Waals surface area contributed by atoms with Gasteiger partial charge in [-0.2, -0.15) is 0 Å². The molecule has 0 radical (unpaired) electrons. The maximum atomic E-state index is 12.7. The number of hydrogen-bond acceptors (Lipinski definition) is 2. The second-order valence-electron chi connectivity index (χ2n) is 5.46. The fourth-order valence-corrected chi connectivity index (χ4v) is 3.42. The fourth-order valence-electron chi connectivity index (χ4n) is 3.06. The molecule has 0 aliphatic heterocycles. The molecule has 3 heteroatoms. The highest BCUT2D eigenvalue weighted by molar-refractivity contribution is 9.10. The predicted molar refractivity (Wildman–Crippen MR) is 89.5 cm³/mol. The topological polar surface area (TPSA) is 34.1 Å². The lowest BCUT2D eigenvalue weighted by atomic mass is 9.92. The van der Waals surface area contributed by atoms with Gasteiger partial charge in [0.25, 0.3) is 0 Å². The lowest BCUT2D eigenvalue weighted by molar-refractivity contribution is 0.0890. The minimum absolute atomic E-state index is 0.109. The highest BCUT2D eigenvalue weighted by atomic mass is 79.9. The van der Waals surface area contributed by atoms with Gasteiger partial charge in [0, 0.05) is 15.6 Å². The Morgan fingerprint density at radius 1 is 0.727 bits per heavy atom. The van der Waals surface area contributed by atoms with Crippen LogP contribution in [0.5, 0.6) is 0 Å². The normalized spacial score (nSPS) is 17.0. The van der Waals surface area contributed by atoms with Crippen molar-refractivity contribution in [1.29, 1.82) is 0 Å². The summed E-state index contributed by atoms with van der Waals surface area (Å²) in [6, 6.07) is 19.0. The summed E-state index contributed by atoms with van der Waals surface area (Å²) in [6.45, 7) is 0. The number of halogens is 1. The highest BCUT2D eigenvalue weighted by Crippen LogP contribution is 2.36. The van der Waals surface area contributed by atoms with Crippen molar-refractivity contribution in [3.63, 3.8) is 0 Å². The van der Waals surface area contributed by atoms with Crippen LogP contribution >= 0.6 is 15.9 Å². The van der Waals surface area contributed by atoms with Gasteiger partial charge in [0.15, 0.2) is 11.6 Å². The van der Waals surface area contributed by atoms with E-state index >= 15 is 0 Å². The van der Waals surface area contributed by atoms with Crippen LogP contribution in [-0.4, -0.2) is 11.6 Å². The van der Waals surface area contributed by atoms with Crippen molar-refractivity contribution >= 4 is 38.3 Å². The molecule has 3 aromatic carbocycles. The summed E-state index contributed by atoms with van der Waals surface area (Å²) >= 11 is 3.36. The van der Waals surface area contributed by atoms with Gasteiger partial charge < -0.3 is 0 Å². The molecule has 22 heavy (non-hydrogen) atoms. The Labute approximate surface area is 135 Å². The van der Waals surface area contributed by atoms with Crippen molar-refractivity contribution in [3.8, 4) is 0 Å². The molecule has 0 amide bonds. The maximum absolute atomic E-state index is 12.7. The zero-order chi connectivity index (χ0) is 15.3. The summed E-state index contributed by atoms with van der Waals surface area (Å²) in [5, 5.41) is 2.14. The minimum atomic E-state index is -0.714. The number of benzene rings is 3. The molecule has 0 heterocycles. The molecule has 1 aliphatic carbocycles. The molecule has 0 bridgehead atoms. The van der Waals surface area contributed by atoms with Crippen LogP contribution in [0.15, 0.2) is 65.1 Å². The van der Waals surface area contributed by atoms with Crippen molar-refractivity contribution in [3.05, 3.63) is 81.8 Å². The van der Waals surface area contributed by atoms with Crippen LogP contribution in [0.2, 0.25) is 0 Å². The van der Waals surface area contributed by atoms with E-state index in [0.717, 1.165) is 20.8 Å². The second-order valence-corrected chi connectivity index (χ2v) is 6.37. The largest absolute Gasteiger partial charge is 0.293 e. The summed E-state index contributed by atoms with van der Waals surface area (Å²) < 4.78 is 0.812. The van der Waals surface area contributed by atoms with Gasteiger partial charge in [0.1, 0.15) is 5.92 Å². The summed E-state index contributed by atoms with van der Waals surface area (Å²) in [4.78, 5) is 25.3. The molecular weight excluding hydrogens is 340 g/mol. The lowest BCUT2D eigenvalue weighted by Crippen LogP contribution is -2.12. The van der Waals surface area contributed by atoms with Crippen LogP contribution in [0.4, 0.5) is 0 Å². The van der Waals surface area contributed by atoms with Crippen molar-refractivity contribution < 1.29 is 9.59 Å². The van der Waals surface area contributed by atoms with E-state index in [4.69, 9.17) is 0 Å². The average Bonchev–Trinajstić information content (AvgIpc) is 2.78. The van der Waals surface area contributed by atoms with Crippen molar-refractivity contribution in [1.82, 2.24) is 0 Å². The highest BCUT2D eigenvalue weighted by Gasteiger charge is 2.39. The molecule has 0 spiro atoms. The summed E-state index contributed by atoms with van der Waals surface area (Å²) in [7, 11) is 0. The standard InChI is InChI=1S/C19H11BrO2/c20-14-7-8-15-16(10-14)19(22)17(18(15)21)13-6-5-11-3-1-2-4-12(11)9-13/h1-10,17H. The molecule has 0 saturated carbocycles. The third kappa shape index (κ3) is 1.93. The van der Waals surface area contributed by atoms with Crippen molar-refractivity contribution in [2.75, 3.05) is 0 Å². The molecule has 106 valence electrons. The maximum Gasteiger partial charge on any atom is 0.178 e. The fraction of sp³-hybridized carbons (Fsp3) is 0.0526. The Morgan fingerprint density at radius 2 is 1.45 bits per heavy atom. The first-order valence-corrected chi connectivity index (χ1v) is 7.81. The van der Waals surface area contributed by atoms with E-state index in [-0.39, 0.29) is 11.6 Å². The predicted octanol–water partition coefficient (Wildman–Crippen LogP) is 4.77. The first-order chi connectivity index (χ1) is 10.6. The Kier molecular flexibility index (Phi) is 2.98. The molecule has 0 N–H and O–H groups in total. The number of carbonyl (C=O) groups is 2. The van der Waals surface area contributed by atoms with Crippen LogP contribution in [0, 0.1) is 0 Å². The zero-order valence-electron chi connectivity index (χ0n) is 11.5. The van der Waals surface area contributed by atoms with Crippen molar-refractivity contribution in [2.24, 2.45) is 0 Å². The van der Waals surface area contributed by atoms with Gasteiger partial charge >= 0.3 is 0 Å². The zero-order valence-corrected chi connectivity index (χ0v) is 13.1. The Hall–Kier alpha value is -2.26. The van der Waals surface area contributed by atoms with Gasteiger partial charge in [-0.05, 0) is 40.6 Å². The lowest BCUT2D eigenvalue weighted by Gasteiger charge is -2.08. The van der Waals surface area contributed by atoms with Crippen LogP contribution in [0.25, 0.3) is 10.8 Å². The molecule has 0 aromatic heterocycles. The molecule has 3 aromatic rings. The van der Waals surface area contributed by atoms with Gasteiger partial charge in [0.05, 0.1) is 0 Å². The first kappa shape index (κ1) is 13.4. The SMILES string of the molecule is O=C1c2ccc(Br)cc2C(=O)C1c1ccc2ccccc2c1. The van der Waals surface area contributed by atoms with Gasteiger partial charge in [-0.25, -0.2) is 0 Å². The van der Waals surface area contributed by atoms with Gasteiger partial charge in [-0.15, -0.1) is 0 Å². The van der Waals surface area contributed by atoms with Crippen LogP contribution in [-0.2, 0) is 0 Å². The second kappa shape index (κ2) is 4.89. The Balaban J connectivity index is 1.86. The van der Waals surface area contributed by atoms with E-state index in [0.29, 0.717) is 11.1 Å². The van der Waals surface area contributed by atoms with E-state index in [1.807, 2.05) is 42.5 Å². The Bertz CT molecular complexity index is 943. The number of rotatable bonds is 1.